The third kappa shape index (κ3) is 3.04. The topological polar surface area (TPSA) is 86.2 Å². The molecule has 0 saturated heterocycles. The molecule has 0 aromatic carbocycles. The molecule has 100 valence electrons. The van der Waals surface area contributed by atoms with Crippen LogP contribution in [0.15, 0.2) is 11.4 Å². The quantitative estimate of drug-likeness (QED) is 0.589. The molecule has 0 bridgehead atoms. The maximum absolute atomic E-state index is 11.6. The van der Waals surface area contributed by atoms with Crippen LogP contribution < -0.4 is 0 Å². The molecule has 0 amide bonds. The Hall–Kier alpha value is -1.50. The zero-order valence-corrected chi connectivity index (χ0v) is 11.8. The van der Waals surface area contributed by atoms with Gasteiger partial charge in [-0.15, -0.1) is 0 Å². The molecule has 0 spiro atoms. The standard InChI is InChI=1S/C11H16N2O4S/c1-11(2,3)8-7(9(14)17-4)6-12-10(13-8)18(5,15)16/h6H,1-5H3. The van der Waals surface area contributed by atoms with Gasteiger partial charge in [-0.05, 0) is 0 Å². The fourth-order valence-corrected chi connectivity index (χ4v) is 1.88. The van der Waals surface area contributed by atoms with Crippen LogP contribution in [0.4, 0.5) is 0 Å². The first-order valence-corrected chi connectivity index (χ1v) is 7.12. The smallest absolute Gasteiger partial charge is 0.341 e. The van der Waals surface area contributed by atoms with Crippen molar-refractivity contribution in [2.75, 3.05) is 13.4 Å². The Morgan fingerprint density at radius 1 is 1.33 bits per heavy atom. The van der Waals surface area contributed by atoms with Gasteiger partial charge < -0.3 is 4.74 Å². The summed E-state index contributed by atoms with van der Waals surface area (Å²) in [6.45, 7) is 5.48. The summed E-state index contributed by atoms with van der Waals surface area (Å²) in [6, 6.07) is 0. The summed E-state index contributed by atoms with van der Waals surface area (Å²) >= 11 is 0. The molecule has 0 radical (unpaired) electrons. The number of carbonyl (C=O) groups excluding carboxylic acids is 1. The van der Waals surface area contributed by atoms with Crippen LogP contribution in [0.2, 0.25) is 0 Å². The van der Waals surface area contributed by atoms with Crippen molar-refractivity contribution < 1.29 is 17.9 Å². The first kappa shape index (κ1) is 14.6. The average Bonchev–Trinajstić information content (AvgIpc) is 2.24. The minimum atomic E-state index is -3.51. The van der Waals surface area contributed by atoms with Crippen molar-refractivity contribution in [2.24, 2.45) is 0 Å². The molecule has 1 heterocycles. The number of aromatic nitrogens is 2. The third-order valence-electron chi connectivity index (χ3n) is 2.21. The highest BCUT2D eigenvalue weighted by Gasteiger charge is 2.27. The minimum Gasteiger partial charge on any atom is -0.465 e. The lowest BCUT2D eigenvalue weighted by atomic mass is 9.89. The molecule has 1 aromatic rings. The van der Waals surface area contributed by atoms with Gasteiger partial charge in [-0.1, -0.05) is 20.8 Å². The number of esters is 1. The zero-order chi connectivity index (χ0) is 14.1. The molecule has 18 heavy (non-hydrogen) atoms. The van der Waals surface area contributed by atoms with E-state index in [0.29, 0.717) is 5.69 Å². The van der Waals surface area contributed by atoms with E-state index in [1.165, 1.54) is 13.3 Å². The predicted octanol–water partition coefficient (Wildman–Crippen LogP) is 0.964. The highest BCUT2D eigenvalue weighted by atomic mass is 32.2. The number of sulfone groups is 1. The van der Waals surface area contributed by atoms with Crippen molar-refractivity contribution in [3.63, 3.8) is 0 Å². The van der Waals surface area contributed by atoms with E-state index >= 15 is 0 Å². The number of hydrogen-bond donors (Lipinski definition) is 0. The summed E-state index contributed by atoms with van der Waals surface area (Å²) in [6.07, 6.45) is 2.21. The summed E-state index contributed by atoms with van der Waals surface area (Å²) in [4.78, 5) is 19.3. The molecular weight excluding hydrogens is 256 g/mol. The summed E-state index contributed by atoms with van der Waals surface area (Å²) in [7, 11) is -2.26. The first-order chi connectivity index (χ1) is 8.07. The lowest BCUT2D eigenvalue weighted by Gasteiger charge is -2.20. The fourth-order valence-electron chi connectivity index (χ4n) is 1.38. The Balaban J connectivity index is 3.54. The Bertz CT molecular complexity index is 573. The highest BCUT2D eigenvalue weighted by Crippen LogP contribution is 2.24. The number of ether oxygens (including phenoxy) is 1. The first-order valence-electron chi connectivity index (χ1n) is 5.23. The van der Waals surface area contributed by atoms with Gasteiger partial charge >= 0.3 is 5.97 Å². The van der Waals surface area contributed by atoms with Gasteiger partial charge in [0.2, 0.25) is 15.0 Å². The van der Waals surface area contributed by atoms with E-state index < -0.39 is 21.2 Å². The van der Waals surface area contributed by atoms with Crippen molar-refractivity contribution in [2.45, 2.75) is 31.3 Å². The summed E-state index contributed by atoms with van der Waals surface area (Å²) in [5.74, 6) is -0.583. The van der Waals surface area contributed by atoms with Crippen LogP contribution in [0.5, 0.6) is 0 Å². The SMILES string of the molecule is COC(=O)c1cnc(S(C)(=O)=O)nc1C(C)(C)C. The Labute approximate surface area is 106 Å². The molecule has 0 fully saturated rings. The molecule has 0 aliphatic carbocycles. The fraction of sp³-hybridized carbons (Fsp3) is 0.545. The van der Waals surface area contributed by atoms with Gasteiger partial charge in [-0.25, -0.2) is 23.2 Å². The minimum absolute atomic E-state index is 0.178. The normalized spacial score (nSPS) is 12.3. The van der Waals surface area contributed by atoms with Crippen LogP contribution in [-0.4, -0.2) is 37.7 Å². The second-order valence-corrected chi connectivity index (χ2v) is 6.84. The van der Waals surface area contributed by atoms with Gasteiger partial charge in [0.25, 0.3) is 0 Å². The second kappa shape index (κ2) is 4.64. The maximum atomic E-state index is 11.6. The zero-order valence-electron chi connectivity index (χ0n) is 11.0. The molecular formula is C11H16N2O4S. The molecule has 7 heteroatoms. The van der Waals surface area contributed by atoms with Crippen LogP contribution in [-0.2, 0) is 20.0 Å². The van der Waals surface area contributed by atoms with E-state index in [1.54, 1.807) is 0 Å². The Kier molecular flexibility index (Phi) is 3.75. The van der Waals surface area contributed by atoms with E-state index in [0.717, 1.165) is 6.26 Å². The Morgan fingerprint density at radius 3 is 2.28 bits per heavy atom. The van der Waals surface area contributed by atoms with Gasteiger partial charge in [0.15, 0.2) is 0 Å². The van der Waals surface area contributed by atoms with Crippen molar-refractivity contribution in [3.05, 3.63) is 17.5 Å². The van der Waals surface area contributed by atoms with E-state index in [2.05, 4.69) is 14.7 Å². The summed E-state index contributed by atoms with van der Waals surface area (Å²) in [5.41, 5.74) is 0.0356. The molecule has 0 saturated carbocycles. The van der Waals surface area contributed by atoms with Crippen molar-refractivity contribution in [3.8, 4) is 0 Å². The molecule has 1 rings (SSSR count). The maximum Gasteiger partial charge on any atom is 0.341 e. The molecule has 0 aliphatic rings. The van der Waals surface area contributed by atoms with E-state index in [4.69, 9.17) is 0 Å². The van der Waals surface area contributed by atoms with Crippen LogP contribution >= 0.6 is 0 Å². The molecule has 1 aromatic heterocycles. The van der Waals surface area contributed by atoms with Gasteiger partial charge in [0, 0.05) is 17.9 Å². The van der Waals surface area contributed by atoms with E-state index in [9.17, 15) is 13.2 Å². The molecule has 0 N–H and O–H groups in total. The van der Waals surface area contributed by atoms with E-state index in [1.807, 2.05) is 20.8 Å². The van der Waals surface area contributed by atoms with Crippen molar-refractivity contribution >= 4 is 15.8 Å². The lowest BCUT2D eigenvalue weighted by Crippen LogP contribution is -2.22. The number of hydrogen-bond acceptors (Lipinski definition) is 6. The number of methoxy groups -OCH3 is 1. The summed E-state index contributed by atoms with van der Waals surface area (Å²) in [5, 5.41) is -0.292. The number of nitrogens with zero attached hydrogens (tertiary/aromatic N) is 2. The van der Waals surface area contributed by atoms with Gasteiger partial charge in [-0.3, -0.25) is 0 Å². The van der Waals surface area contributed by atoms with Crippen LogP contribution in [0.25, 0.3) is 0 Å². The lowest BCUT2D eigenvalue weighted by molar-refractivity contribution is 0.0596. The van der Waals surface area contributed by atoms with Crippen LogP contribution in [0, 0.1) is 0 Å². The average molecular weight is 272 g/mol. The molecule has 6 nitrogen and oxygen atoms in total. The number of carbonyl (C=O) groups is 1. The van der Waals surface area contributed by atoms with E-state index in [-0.39, 0.29) is 10.7 Å². The van der Waals surface area contributed by atoms with Crippen molar-refractivity contribution in [1.29, 1.82) is 0 Å². The van der Waals surface area contributed by atoms with Gasteiger partial charge in [0.05, 0.1) is 12.8 Å². The second-order valence-electron chi connectivity index (χ2n) is 4.93. The highest BCUT2D eigenvalue weighted by molar-refractivity contribution is 7.90. The van der Waals surface area contributed by atoms with Gasteiger partial charge in [-0.2, -0.15) is 0 Å². The number of rotatable bonds is 2. The molecule has 0 atom stereocenters. The summed E-state index contributed by atoms with van der Waals surface area (Å²) < 4.78 is 27.5. The monoisotopic (exact) mass is 272 g/mol. The Morgan fingerprint density at radius 2 is 1.89 bits per heavy atom. The van der Waals surface area contributed by atoms with Crippen LogP contribution in [0.3, 0.4) is 0 Å². The largest absolute Gasteiger partial charge is 0.465 e. The van der Waals surface area contributed by atoms with Crippen LogP contribution in [0.1, 0.15) is 36.8 Å². The van der Waals surface area contributed by atoms with Crippen molar-refractivity contribution in [1.82, 2.24) is 9.97 Å². The molecule has 0 aliphatic heterocycles. The molecule has 0 unspecified atom stereocenters. The third-order valence-corrected chi connectivity index (χ3v) is 3.07. The van der Waals surface area contributed by atoms with Gasteiger partial charge in [0.1, 0.15) is 5.56 Å². The predicted molar refractivity (Wildman–Crippen MR) is 65.2 cm³/mol.